The summed E-state index contributed by atoms with van der Waals surface area (Å²) in [6.07, 6.45) is 36.6. The van der Waals surface area contributed by atoms with Crippen molar-refractivity contribution in [3.8, 4) is 0 Å². The fourth-order valence-corrected chi connectivity index (χ4v) is 9.19. The molecule has 0 aromatic carbocycles. The molecule has 0 saturated carbocycles. The molecule has 0 aliphatic carbocycles. The summed E-state index contributed by atoms with van der Waals surface area (Å²) in [6.45, 7) is 5.99. The molecule has 1 saturated heterocycles. The monoisotopic (exact) mass is 983 g/mol. The first-order valence-corrected chi connectivity index (χ1v) is 29.0. The predicted octanol–water partition coefficient (Wildman–Crippen LogP) is 14.3. The molecule has 1 aliphatic heterocycles. The summed E-state index contributed by atoms with van der Waals surface area (Å²) in [6, 6.07) is 0. The Kier molecular flexibility index (Phi) is 43.9. The largest absolute Gasteiger partial charge is 0.479 e. The van der Waals surface area contributed by atoms with Crippen LogP contribution in [0.5, 0.6) is 0 Å². The number of carbonyl (C=O) groups excluding carboxylic acids is 3. The van der Waals surface area contributed by atoms with Gasteiger partial charge in [-0.1, -0.05) is 252 Å². The molecule has 0 aromatic heterocycles. The topological polar surface area (TPSA) is 175 Å². The van der Waals surface area contributed by atoms with Crippen LogP contribution >= 0.6 is 0 Å². The number of carboxylic acids is 1. The lowest BCUT2D eigenvalue weighted by atomic mass is 9.98. The number of hydrogen-bond acceptors (Lipinski definition) is 11. The molecule has 1 fully saturated rings. The van der Waals surface area contributed by atoms with Crippen LogP contribution in [0.4, 0.5) is 0 Å². The summed E-state index contributed by atoms with van der Waals surface area (Å²) in [7, 11) is 0. The highest BCUT2D eigenvalue weighted by atomic mass is 16.7. The van der Waals surface area contributed by atoms with E-state index in [0.717, 1.165) is 57.8 Å². The van der Waals surface area contributed by atoms with Crippen molar-refractivity contribution in [1.82, 2.24) is 0 Å². The van der Waals surface area contributed by atoms with Gasteiger partial charge in [-0.15, -0.1) is 0 Å². The lowest BCUT2D eigenvalue weighted by molar-refractivity contribution is -0.301. The summed E-state index contributed by atoms with van der Waals surface area (Å²) < 4.78 is 28.4. The summed E-state index contributed by atoms with van der Waals surface area (Å²) in [5.41, 5.74) is 0. The quantitative estimate of drug-likeness (QED) is 0.0299. The van der Waals surface area contributed by atoms with Gasteiger partial charge in [-0.05, 0) is 19.3 Å². The van der Waals surface area contributed by atoms with Gasteiger partial charge in [0.05, 0.1) is 6.61 Å². The highest BCUT2D eigenvalue weighted by Gasteiger charge is 2.50. The predicted molar refractivity (Wildman–Crippen MR) is 276 cm³/mol. The zero-order chi connectivity index (χ0) is 50.4. The second-order valence-corrected chi connectivity index (χ2v) is 20.3. The van der Waals surface area contributed by atoms with Crippen LogP contribution < -0.4 is 0 Å². The third kappa shape index (κ3) is 37.2. The molecule has 12 nitrogen and oxygen atoms in total. The standard InChI is InChI=1S/C57H106O12/c1-4-7-10-13-16-19-21-23-24-25-26-28-29-32-34-37-40-43-49(58)65-46-48(67-50(59)44-41-38-35-31-18-15-12-9-6-3)47-66-57-55(53(62)52(61)54(69-57)56(63)64)68-51(60)45-42-39-36-33-30-27-22-20-17-14-11-8-5-2/h48,52-55,57,61-62H,4-47H2,1-3H3,(H,63,64). The van der Waals surface area contributed by atoms with Crippen molar-refractivity contribution in [3.63, 3.8) is 0 Å². The van der Waals surface area contributed by atoms with Crippen LogP contribution in [0, 0.1) is 0 Å². The van der Waals surface area contributed by atoms with E-state index in [1.54, 1.807) is 0 Å². The summed E-state index contributed by atoms with van der Waals surface area (Å²) >= 11 is 0. The van der Waals surface area contributed by atoms with Gasteiger partial charge in [0.2, 0.25) is 0 Å². The van der Waals surface area contributed by atoms with Gasteiger partial charge < -0.3 is 39.0 Å². The maximum Gasteiger partial charge on any atom is 0.335 e. The first kappa shape index (κ1) is 64.7. The van der Waals surface area contributed by atoms with Crippen molar-refractivity contribution in [1.29, 1.82) is 0 Å². The zero-order valence-electron chi connectivity index (χ0n) is 44.6. The minimum absolute atomic E-state index is 0.0701. The highest BCUT2D eigenvalue weighted by molar-refractivity contribution is 5.74. The highest BCUT2D eigenvalue weighted by Crippen LogP contribution is 2.27. The van der Waals surface area contributed by atoms with Crippen molar-refractivity contribution in [2.24, 2.45) is 0 Å². The van der Waals surface area contributed by atoms with Crippen LogP contribution in [-0.2, 0) is 42.9 Å². The minimum Gasteiger partial charge on any atom is -0.479 e. The Balaban J connectivity index is 2.63. The molecule has 0 amide bonds. The Bertz CT molecular complexity index is 1210. The van der Waals surface area contributed by atoms with E-state index in [1.807, 2.05) is 0 Å². The minimum atomic E-state index is -1.89. The van der Waals surface area contributed by atoms with Gasteiger partial charge in [-0.3, -0.25) is 14.4 Å². The lowest BCUT2D eigenvalue weighted by Gasteiger charge is -2.40. The Labute approximate surface area is 421 Å². The van der Waals surface area contributed by atoms with Gasteiger partial charge in [0.1, 0.15) is 18.8 Å². The van der Waals surface area contributed by atoms with Crippen molar-refractivity contribution in [2.75, 3.05) is 13.2 Å². The van der Waals surface area contributed by atoms with E-state index in [0.29, 0.717) is 19.3 Å². The van der Waals surface area contributed by atoms with E-state index in [4.69, 9.17) is 23.7 Å². The summed E-state index contributed by atoms with van der Waals surface area (Å²) in [4.78, 5) is 50.9. The van der Waals surface area contributed by atoms with Crippen LogP contribution in [0.2, 0.25) is 0 Å². The van der Waals surface area contributed by atoms with Gasteiger partial charge >= 0.3 is 23.9 Å². The molecule has 12 heteroatoms. The van der Waals surface area contributed by atoms with Crippen LogP contribution in [0.3, 0.4) is 0 Å². The smallest absolute Gasteiger partial charge is 0.335 e. The van der Waals surface area contributed by atoms with Gasteiger partial charge in [0.15, 0.2) is 24.6 Å². The summed E-state index contributed by atoms with van der Waals surface area (Å²) in [5.74, 6) is -3.08. The first-order chi connectivity index (χ1) is 33.6. The van der Waals surface area contributed by atoms with Crippen LogP contribution in [0.15, 0.2) is 0 Å². The number of esters is 3. The summed E-state index contributed by atoms with van der Waals surface area (Å²) in [5, 5.41) is 31.4. The van der Waals surface area contributed by atoms with Gasteiger partial charge in [0.25, 0.3) is 0 Å². The number of aliphatic carboxylic acids is 1. The van der Waals surface area contributed by atoms with E-state index < -0.39 is 67.3 Å². The van der Waals surface area contributed by atoms with Gasteiger partial charge in [-0.2, -0.15) is 0 Å². The number of carbonyl (C=O) groups is 4. The average Bonchev–Trinajstić information content (AvgIpc) is 3.33. The SMILES string of the molecule is CCCCCCCCCCCCCCCCCCCC(=O)OCC(COC1OC(C(=O)O)C(O)C(O)C1OC(=O)CCCCCCCCCCCCCCC)OC(=O)CCCCCCCCCCC. The molecule has 1 heterocycles. The molecule has 406 valence electrons. The number of aliphatic hydroxyl groups is 2. The van der Waals surface area contributed by atoms with Gasteiger partial charge in [-0.25, -0.2) is 4.79 Å². The molecule has 0 aromatic rings. The van der Waals surface area contributed by atoms with E-state index in [9.17, 15) is 34.5 Å². The molecule has 1 rings (SSSR count). The van der Waals surface area contributed by atoms with Crippen LogP contribution in [-0.4, -0.2) is 89.2 Å². The van der Waals surface area contributed by atoms with E-state index in [2.05, 4.69) is 20.8 Å². The van der Waals surface area contributed by atoms with Crippen molar-refractivity contribution in [3.05, 3.63) is 0 Å². The molecule has 6 unspecified atom stereocenters. The van der Waals surface area contributed by atoms with E-state index >= 15 is 0 Å². The van der Waals surface area contributed by atoms with Crippen molar-refractivity contribution in [2.45, 2.75) is 327 Å². The number of carboxylic acid groups (broad SMARTS) is 1. The maximum absolute atomic E-state index is 13.0. The Morgan fingerprint density at radius 3 is 1.09 bits per heavy atom. The zero-order valence-corrected chi connectivity index (χ0v) is 44.6. The number of rotatable bonds is 50. The molecule has 3 N–H and O–H groups in total. The fraction of sp³-hybridized carbons (Fsp3) is 0.930. The Morgan fingerprint density at radius 2 is 0.739 bits per heavy atom. The maximum atomic E-state index is 13.0. The molecular weight excluding hydrogens is 877 g/mol. The van der Waals surface area contributed by atoms with Crippen LogP contribution in [0.1, 0.15) is 290 Å². The molecule has 69 heavy (non-hydrogen) atoms. The number of aliphatic hydroxyl groups excluding tert-OH is 2. The molecule has 0 spiro atoms. The molecule has 0 radical (unpaired) electrons. The number of unbranched alkanes of at least 4 members (excludes halogenated alkanes) is 36. The Morgan fingerprint density at radius 1 is 0.420 bits per heavy atom. The van der Waals surface area contributed by atoms with Crippen LogP contribution in [0.25, 0.3) is 0 Å². The van der Waals surface area contributed by atoms with E-state index in [-0.39, 0.29) is 25.9 Å². The molecular formula is C57H106O12. The fourth-order valence-electron chi connectivity index (χ4n) is 9.19. The second-order valence-electron chi connectivity index (χ2n) is 20.3. The normalized spacial score (nSPS) is 18.5. The van der Waals surface area contributed by atoms with Crippen molar-refractivity contribution >= 4 is 23.9 Å². The Hall–Kier alpha value is -2.28. The first-order valence-electron chi connectivity index (χ1n) is 29.0. The lowest BCUT2D eigenvalue weighted by Crippen LogP contribution is -2.61. The second kappa shape index (κ2) is 46.8. The van der Waals surface area contributed by atoms with E-state index in [1.165, 1.54) is 173 Å². The molecule has 1 aliphatic rings. The number of hydrogen-bond donors (Lipinski definition) is 3. The average molecular weight is 983 g/mol. The third-order valence-corrected chi connectivity index (χ3v) is 13.7. The van der Waals surface area contributed by atoms with Crippen molar-refractivity contribution < 1.29 is 58.2 Å². The molecule has 0 bridgehead atoms. The molecule has 6 atom stereocenters. The third-order valence-electron chi connectivity index (χ3n) is 13.7. The van der Waals surface area contributed by atoms with Gasteiger partial charge in [0, 0.05) is 19.3 Å². The number of ether oxygens (including phenoxy) is 5.